The molecule has 0 aromatic heterocycles. The van der Waals surface area contributed by atoms with Gasteiger partial charge in [0.1, 0.15) is 5.60 Å². The van der Waals surface area contributed by atoms with Crippen molar-refractivity contribution in [3.8, 4) is 0 Å². The molecule has 0 aromatic carbocycles. The molecule has 0 spiro atoms. The van der Waals surface area contributed by atoms with Crippen molar-refractivity contribution >= 4 is 12.1 Å². The van der Waals surface area contributed by atoms with Crippen LogP contribution in [-0.4, -0.2) is 53.0 Å². The number of carbonyl (C=O) groups excluding carboxylic acids is 1. The lowest BCUT2D eigenvalue weighted by atomic mass is 9.94. The lowest BCUT2D eigenvalue weighted by molar-refractivity contribution is -0.163. The molecule has 0 bridgehead atoms. The minimum atomic E-state index is -1.32. The smallest absolute Gasteiger partial charge is 0.411 e. The second-order valence-corrected chi connectivity index (χ2v) is 5.37. The first-order valence-electron chi connectivity index (χ1n) is 6.05. The lowest BCUT2D eigenvalue weighted by Crippen LogP contribution is -2.63. The highest BCUT2D eigenvalue weighted by Crippen LogP contribution is 2.26. The molecule has 0 saturated carbocycles. The Morgan fingerprint density at radius 1 is 1.44 bits per heavy atom. The molecular formula is C12H21NO5. The molecule has 1 aliphatic rings. The molecule has 1 N–H and O–H groups in total. The largest absolute Gasteiger partial charge is 0.479 e. The summed E-state index contributed by atoms with van der Waals surface area (Å²) in [6.07, 6.45) is -0.322. The van der Waals surface area contributed by atoms with Crippen LogP contribution in [0.5, 0.6) is 0 Å². The van der Waals surface area contributed by atoms with Gasteiger partial charge in [0, 0.05) is 6.54 Å². The SMILES string of the molecule is CC[C@]1(C(=O)O)COCCN1C(=O)OC(C)(C)C. The van der Waals surface area contributed by atoms with E-state index in [2.05, 4.69) is 0 Å². The number of carboxylic acid groups (broad SMARTS) is 1. The molecule has 1 atom stereocenters. The average Bonchev–Trinajstić information content (AvgIpc) is 2.26. The first-order chi connectivity index (χ1) is 8.23. The molecule has 1 saturated heterocycles. The normalized spacial score (nSPS) is 24.8. The molecule has 1 rings (SSSR count). The standard InChI is InChI=1S/C12H21NO5/c1-5-12(9(14)15)8-17-7-6-13(12)10(16)18-11(2,3)4/h5-8H2,1-4H3,(H,14,15)/t12-/m1/s1. The number of rotatable bonds is 2. The maximum atomic E-state index is 12.1. The van der Waals surface area contributed by atoms with Crippen molar-refractivity contribution < 1.29 is 24.2 Å². The fraction of sp³-hybridized carbons (Fsp3) is 0.833. The van der Waals surface area contributed by atoms with Gasteiger partial charge in [-0.15, -0.1) is 0 Å². The minimum Gasteiger partial charge on any atom is -0.479 e. The lowest BCUT2D eigenvalue weighted by Gasteiger charge is -2.43. The number of hydrogen-bond donors (Lipinski definition) is 1. The zero-order chi connectivity index (χ0) is 14.0. The van der Waals surface area contributed by atoms with Gasteiger partial charge >= 0.3 is 12.1 Å². The van der Waals surface area contributed by atoms with E-state index in [4.69, 9.17) is 9.47 Å². The summed E-state index contributed by atoms with van der Waals surface area (Å²) in [5.41, 5.74) is -1.96. The van der Waals surface area contributed by atoms with Crippen LogP contribution >= 0.6 is 0 Å². The topological polar surface area (TPSA) is 76.1 Å². The Balaban J connectivity index is 2.95. The predicted octanol–water partition coefficient (Wildman–Crippen LogP) is 1.49. The summed E-state index contributed by atoms with van der Waals surface area (Å²) in [5, 5.41) is 9.38. The van der Waals surface area contributed by atoms with Gasteiger partial charge in [-0.1, -0.05) is 6.92 Å². The second-order valence-electron chi connectivity index (χ2n) is 5.37. The first kappa shape index (κ1) is 14.8. The molecule has 1 heterocycles. The number of carbonyl (C=O) groups is 2. The van der Waals surface area contributed by atoms with E-state index in [0.29, 0.717) is 6.61 Å². The quantitative estimate of drug-likeness (QED) is 0.813. The van der Waals surface area contributed by atoms with Crippen molar-refractivity contribution in [2.75, 3.05) is 19.8 Å². The molecule has 0 aliphatic carbocycles. The molecule has 6 heteroatoms. The summed E-state index contributed by atoms with van der Waals surface area (Å²) in [6, 6.07) is 0. The van der Waals surface area contributed by atoms with Gasteiger partial charge in [-0.3, -0.25) is 4.90 Å². The highest BCUT2D eigenvalue weighted by Gasteiger charge is 2.49. The van der Waals surface area contributed by atoms with Crippen LogP contribution in [0, 0.1) is 0 Å². The Hall–Kier alpha value is -1.30. The Bertz CT molecular complexity index is 336. The van der Waals surface area contributed by atoms with Crippen LogP contribution in [0.1, 0.15) is 34.1 Å². The van der Waals surface area contributed by atoms with E-state index in [1.165, 1.54) is 4.90 Å². The third-order valence-corrected chi connectivity index (χ3v) is 2.91. The third kappa shape index (κ3) is 2.93. The number of aliphatic carboxylic acids is 1. The predicted molar refractivity (Wildman–Crippen MR) is 64.4 cm³/mol. The minimum absolute atomic E-state index is 0.00191. The van der Waals surface area contributed by atoms with Crippen LogP contribution in [0.2, 0.25) is 0 Å². The van der Waals surface area contributed by atoms with Crippen molar-refractivity contribution in [1.29, 1.82) is 0 Å². The van der Waals surface area contributed by atoms with Crippen LogP contribution < -0.4 is 0 Å². The Morgan fingerprint density at radius 2 is 2.06 bits per heavy atom. The van der Waals surface area contributed by atoms with Crippen molar-refractivity contribution in [2.24, 2.45) is 0 Å². The number of ether oxygens (including phenoxy) is 2. The van der Waals surface area contributed by atoms with Crippen LogP contribution in [-0.2, 0) is 14.3 Å². The summed E-state index contributed by atoms with van der Waals surface area (Å²) in [5.74, 6) is -1.06. The molecule has 0 radical (unpaired) electrons. The Morgan fingerprint density at radius 3 is 2.50 bits per heavy atom. The summed E-state index contributed by atoms with van der Waals surface area (Å²) < 4.78 is 10.5. The zero-order valence-corrected chi connectivity index (χ0v) is 11.4. The number of carboxylic acids is 1. The summed E-state index contributed by atoms with van der Waals surface area (Å²) >= 11 is 0. The number of amides is 1. The summed E-state index contributed by atoms with van der Waals surface area (Å²) in [7, 11) is 0. The molecule has 0 unspecified atom stereocenters. The van der Waals surface area contributed by atoms with Crippen LogP contribution in [0.15, 0.2) is 0 Å². The molecule has 1 fully saturated rings. The second kappa shape index (κ2) is 5.14. The van der Waals surface area contributed by atoms with E-state index < -0.39 is 23.2 Å². The van der Waals surface area contributed by atoms with Crippen molar-refractivity contribution in [2.45, 2.75) is 45.3 Å². The zero-order valence-electron chi connectivity index (χ0n) is 11.4. The van der Waals surface area contributed by atoms with E-state index in [1.807, 2.05) is 0 Å². The number of hydrogen-bond acceptors (Lipinski definition) is 4. The Kier molecular flexibility index (Phi) is 4.21. The van der Waals surface area contributed by atoms with E-state index in [0.717, 1.165) is 0 Å². The van der Waals surface area contributed by atoms with Gasteiger partial charge in [0.15, 0.2) is 5.54 Å². The van der Waals surface area contributed by atoms with Gasteiger partial charge in [-0.2, -0.15) is 0 Å². The fourth-order valence-electron chi connectivity index (χ4n) is 1.89. The van der Waals surface area contributed by atoms with Gasteiger partial charge in [-0.25, -0.2) is 9.59 Å². The molecule has 1 aliphatic heterocycles. The van der Waals surface area contributed by atoms with Crippen molar-refractivity contribution in [3.63, 3.8) is 0 Å². The van der Waals surface area contributed by atoms with Crippen LogP contribution in [0.3, 0.4) is 0 Å². The van der Waals surface area contributed by atoms with Gasteiger partial charge in [0.2, 0.25) is 0 Å². The first-order valence-corrected chi connectivity index (χ1v) is 6.05. The highest BCUT2D eigenvalue weighted by molar-refractivity contribution is 5.85. The van der Waals surface area contributed by atoms with Gasteiger partial charge in [0.05, 0.1) is 13.2 Å². The summed E-state index contributed by atoms with van der Waals surface area (Å²) in [6.45, 7) is 7.53. The third-order valence-electron chi connectivity index (χ3n) is 2.91. The Labute approximate surface area is 107 Å². The van der Waals surface area contributed by atoms with E-state index in [-0.39, 0.29) is 19.6 Å². The number of nitrogens with zero attached hydrogens (tertiary/aromatic N) is 1. The molecule has 1 amide bonds. The van der Waals surface area contributed by atoms with E-state index in [1.54, 1.807) is 27.7 Å². The monoisotopic (exact) mass is 259 g/mol. The van der Waals surface area contributed by atoms with Gasteiger partial charge < -0.3 is 14.6 Å². The van der Waals surface area contributed by atoms with E-state index in [9.17, 15) is 14.7 Å². The van der Waals surface area contributed by atoms with Crippen LogP contribution in [0.4, 0.5) is 4.79 Å². The number of morpholine rings is 1. The highest BCUT2D eigenvalue weighted by atomic mass is 16.6. The van der Waals surface area contributed by atoms with Gasteiger partial charge in [-0.05, 0) is 27.2 Å². The summed E-state index contributed by atoms with van der Waals surface area (Å²) in [4.78, 5) is 24.8. The average molecular weight is 259 g/mol. The van der Waals surface area contributed by atoms with Gasteiger partial charge in [0.25, 0.3) is 0 Å². The molecular weight excluding hydrogens is 238 g/mol. The van der Waals surface area contributed by atoms with Crippen molar-refractivity contribution in [3.05, 3.63) is 0 Å². The molecule has 104 valence electrons. The van der Waals surface area contributed by atoms with E-state index >= 15 is 0 Å². The maximum absolute atomic E-state index is 12.1. The van der Waals surface area contributed by atoms with Crippen molar-refractivity contribution in [1.82, 2.24) is 4.90 Å². The van der Waals surface area contributed by atoms with Crippen LogP contribution in [0.25, 0.3) is 0 Å². The molecule has 18 heavy (non-hydrogen) atoms. The molecule has 6 nitrogen and oxygen atoms in total. The molecule has 0 aromatic rings. The fourth-order valence-corrected chi connectivity index (χ4v) is 1.89. The maximum Gasteiger partial charge on any atom is 0.411 e.